The van der Waals surface area contributed by atoms with Crippen LogP contribution in [0.1, 0.15) is 142 Å². The van der Waals surface area contributed by atoms with Crippen LogP contribution in [0, 0.1) is 0 Å². The highest BCUT2D eigenvalue weighted by Gasteiger charge is 2.25. The zero-order valence-corrected chi connectivity index (χ0v) is 32.7. The van der Waals surface area contributed by atoms with E-state index >= 15 is 0 Å². The van der Waals surface area contributed by atoms with Crippen molar-refractivity contribution in [1.29, 1.82) is 0 Å². The Labute approximate surface area is 310 Å². The zero-order valence-electron chi connectivity index (χ0n) is 31.8. The molecule has 0 fully saturated rings. The summed E-state index contributed by atoms with van der Waals surface area (Å²) in [6.45, 7) is 3.49. The molecule has 0 rings (SSSR count). The molecule has 0 saturated carbocycles. The van der Waals surface area contributed by atoms with Gasteiger partial charge < -0.3 is 20.1 Å². The average molecular weight is 736 g/mol. The summed E-state index contributed by atoms with van der Waals surface area (Å²) in [6.07, 6.45) is 43.6. The van der Waals surface area contributed by atoms with Gasteiger partial charge in [0.15, 0.2) is 6.10 Å². The number of phosphoric ester groups is 1. The molecule has 3 N–H and O–H groups in total. The summed E-state index contributed by atoms with van der Waals surface area (Å²) in [5.41, 5.74) is 5.33. The first-order chi connectivity index (χ1) is 24.8. The maximum Gasteiger partial charge on any atom is 0.472 e. The van der Waals surface area contributed by atoms with Crippen LogP contribution in [-0.2, 0) is 32.7 Å². The molecule has 0 heterocycles. The molecule has 1 unspecified atom stereocenters. The fourth-order valence-electron chi connectivity index (χ4n) is 4.71. The van der Waals surface area contributed by atoms with Crippen molar-refractivity contribution in [3.05, 3.63) is 72.9 Å². The second-order valence-electron chi connectivity index (χ2n) is 12.4. The number of hydrogen-bond donors (Lipinski definition) is 2. The third-order valence-electron chi connectivity index (χ3n) is 7.58. The molecule has 0 aromatic rings. The third-order valence-corrected chi connectivity index (χ3v) is 8.56. The van der Waals surface area contributed by atoms with E-state index in [4.69, 9.17) is 24.3 Å². The molecule has 0 aliphatic rings. The number of phosphoric acid groups is 1. The Morgan fingerprint density at radius 1 is 0.608 bits per heavy atom. The number of rotatable bonds is 35. The number of unbranched alkanes of at least 4 members (excludes halogenated alkanes) is 10. The first kappa shape index (κ1) is 48.5. The van der Waals surface area contributed by atoms with Crippen molar-refractivity contribution in [3.63, 3.8) is 0 Å². The maximum atomic E-state index is 12.5. The summed E-state index contributed by atoms with van der Waals surface area (Å²) in [5.74, 6) is -0.902. The molecule has 0 spiro atoms. The van der Waals surface area contributed by atoms with Crippen LogP contribution in [0.4, 0.5) is 0 Å². The molecular weight excluding hydrogens is 665 g/mol. The Bertz CT molecular complexity index is 1070. The quantitative estimate of drug-likeness (QED) is 0.0282. The van der Waals surface area contributed by atoms with Gasteiger partial charge in [0, 0.05) is 19.4 Å². The summed E-state index contributed by atoms with van der Waals surface area (Å²) in [6, 6.07) is 0. The van der Waals surface area contributed by atoms with Crippen LogP contribution in [0.3, 0.4) is 0 Å². The number of carbonyl (C=O) groups is 2. The van der Waals surface area contributed by atoms with Crippen LogP contribution in [0.5, 0.6) is 0 Å². The highest BCUT2D eigenvalue weighted by Crippen LogP contribution is 2.43. The van der Waals surface area contributed by atoms with E-state index in [1.54, 1.807) is 0 Å². The van der Waals surface area contributed by atoms with E-state index < -0.39 is 32.5 Å². The smallest absolute Gasteiger partial charge is 0.462 e. The van der Waals surface area contributed by atoms with Gasteiger partial charge in [-0.1, -0.05) is 119 Å². The number of nitrogens with two attached hydrogens (primary N) is 1. The number of hydrogen-bond acceptors (Lipinski definition) is 8. The molecule has 292 valence electrons. The lowest BCUT2D eigenvalue weighted by atomic mass is 10.1. The monoisotopic (exact) mass is 735 g/mol. The maximum absolute atomic E-state index is 12.5. The van der Waals surface area contributed by atoms with Crippen LogP contribution >= 0.6 is 7.82 Å². The molecule has 0 aliphatic carbocycles. The predicted octanol–water partition coefficient (Wildman–Crippen LogP) is 10.7. The molecule has 2 atom stereocenters. The normalized spacial score (nSPS) is 14.2. The summed E-state index contributed by atoms with van der Waals surface area (Å²) in [5, 5.41) is 0. The average Bonchev–Trinajstić information content (AvgIpc) is 3.11. The molecule has 0 amide bonds. The molecule has 51 heavy (non-hydrogen) atoms. The first-order valence-electron chi connectivity index (χ1n) is 19.4. The van der Waals surface area contributed by atoms with Gasteiger partial charge in [0.1, 0.15) is 6.61 Å². The largest absolute Gasteiger partial charge is 0.472 e. The van der Waals surface area contributed by atoms with E-state index in [1.807, 2.05) is 0 Å². The van der Waals surface area contributed by atoms with Crippen molar-refractivity contribution in [2.24, 2.45) is 5.73 Å². The molecule has 0 bridgehead atoms. The van der Waals surface area contributed by atoms with Gasteiger partial charge in [-0.15, -0.1) is 0 Å². The van der Waals surface area contributed by atoms with Gasteiger partial charge in [-0.05, 0) is 83.5 Å². The fourth-order valence-corrected chi connectivity index (χ4v) is 5.48. The Kier molecular flexibility index (Phi) is 35.4. The molecule has 9 nitrogen and oxygen atoms in total. The Hall–Kier alpha value is -2.55. The van der Waals surface area contributed by atoms with E-state index in [0.29, 0.717) is 12.8 Å². The Balaban J connectivity index is 4.33. The van der Waals surface area contributed by atoms with Gasteiger partial charge >= 0.3 is 19.8 Å². The van der Waals surface area contributed by atoms with Crippen LogP contribution in [-0.4, -0.2) is 49.3 Å². The summed E-state index contributed by atoms with van der Waals surface area (Å²) < 4.78 is 32.6. The minimum atomic E-state index is -4.39. The lowest BCUT2D eigenvalue weighted by Crippen LogP contribution is -2.29. The van der Waals surface area contributed by atoms with Crippen molar-refractivity contribution in [1.82, 2.24) is 0 Å². The molecule has 0 saturated heterocycles. The Morgan fingerprint density at radius 3 is 1.65 bits per heavy atom. The molecule has 0 aromatic heterocycles. The molecule has 0 radical (unpaired) electrons. The number of ether oxygens (including phenoxy) is 2. The molecule has 10 heteroatoms. The van der Waals surface area contributed by atoms with Crippen molar-refractivity contribution in [2.45, 2.75) is 148 Å². The van der Waals surface area contributed by atoms with E-state index in [-0.39, 0.29) is 32.6 Å². The fraction of sp³-hybridized carbons (Fsp3) is 0.659. The topological polar surface area (TPSA) is 134 Å². The second kappa shape index (κ2) is 37.2. The minimum absolute atomic E-state index is 0.0407. The summed E-state index contributed by atoms with van der Waals surface area (Å²) in [4.78, 5) is 34.7. The Morgan fingerprint density at radius 2 is 1.08 bits per heavy atom. The zero-order chi connectivity index (χ0) is 37.5. The summed E-state index contributed by atoms with van der Waals surface area (Å²) in [7, 11) is -4.39. The SMILES string of the molecule is CCC=CCC=CCC=CCC=CCCCCC(=O)O[C@H](COC(=O)CCCCCCCC=CCC=CCCCCC)COP(=O)(O)OCCN. The van der Waals surface area contributed by atoms with Gasteiger partial charge in [-0.3, -0.25) is 18.6 Å². The predicted molar refractivity (Wildman–Crippen MR) is 210 cm³/mol. The third kappa shape index (κ3) is 37.0. The van der Waals surface area contributed by atoms with Gasteiger partial charge in [-0.2, -0.15) is 0 Å². The van der Waals surface area contributed by atoms with Gasteiger partial charge in [0.25, 0.3) is 0 Å². The van der Waals surface area contributed by atoms with Crippen LogP contribution < -0.4 is 5.73 Å². The lowest BCUT2D eigenvalue weighted by Gasteiger charge is -2.19. The highest BCUT2D eigenvalue weighted by atomic mass is 31.2. The lowest BCUT2D eigenvalue weighted by molar-refractivity contribution is -0.161. The highest BCUT2D eigenvalue weighted by molar-refractivity contribution is 7.47. The summed E-state index contributed by atoms with van der Waals surface area (Å²) >= 11 is 0. The van der Waals surface area contributed by atoms with E-state index in [1.165, 1.54) is 25.7 Å². The van der Waals surface area contributed by atoms with E-state index in [0.717, 1.165) is 77.0 Å². The van der Waals surface area contributed by atoms with Crippen molar-refractivity contribution in [2.75, 3.05) is 26.4 Å². The second-order valence-corrected chi connectivity index (χ2v) is 13.9. The van der Waals surface area contributed by atoms with Crippen molar-refractivity contribution < 1.29 is 37.6 Å². The van der Waals surface area contributed by atoms with E-state index in [2.05, 4.69) is 86.8 Å². The van der Waals surface area contributed by atoms with Gasteiger partial charge in [0.2, 0.25) is 0 Å². The number of esters is 2. The minimum Gasteiger partial charge on any atom is -0.462 e. The first-order valence-corrected chi connectivity index (χ1v) is 20.9. The van der Waals surface area contributed by atoms with Crippen molar-refractivity contribution in [3.8, 4) is 0 Å². The van der Waals surface area contributed by atoms with Crippen LogP contribution in [0.15, 0.2) is 72.9 Å². The van der Waals surface area contributed by atoms with Gasteiger partial charge in [0.05, 0.1) is 13.2 Å². The van der Waals surface area contributed by atoms with Crippen molar-refractivity contribution >= 4 is 19.8 Å². The van der Waals surface area contributed by atoms with E-state index in [9.17, 15) is 19.0 Å². The standard InChI is InChI=1S/C41H70NO8P/c1-3-5-7-9-11-13-15-17-19-21-23-25-27-29-31-33-40(43)47-37-39(38-49-51(45,46)48-36-35-42)50-41(44)34-32-30-28-26-24-22-20-18-16-14-12-10-8-6-4-2/h6,8,11-14,17-20,24,26,39H,3-5,7,9-10,15-16,21-23,25,27-38,42H2,1-2H3,(H,45,46)/t39-/m1/s1. The molecular formula is C41H70NO8P. The molecule has 0 aromatic carbocycles. The van der Waals surface area contributed by atoms with Crippen LogP contribution in [0.2, 0.25) is 0 Å². The molecule has 0 aliphatic heterocycles. The number of allylic oxidation sites excluding steroid dienone is 12. The van der Waals surface area contributed by atoms with Crippen LogP contribution in [0.25, 0.3) is 0 Å². The number of carbonyl (C=O) groups excluding carboxylic acids is 2. The van der Waals surface area contributed by atoms with Gasteiger partial charge in [-0.25, -0.2) is 4.57 Å².